The van der Waals surface area contributed by atoms with Crippen molar-refractivity contribution < 1.29 is 9.50 Å². The highest BCUT2D eigenvalue weighted by Gasteiger charge is 2.28. The second-order valence-electron chi connectivity index (χ2n) is 9.21. The van der Waals surface area contributed by atoms with Crippen LogP contribution in [0.25, 0.3) is 16.7 Å². The van der Waals surface area contributed by atoms with Crippen molar-refractivity contribution in [2.45, 2.75) is 19.6 Å². The molecular formula is C30H25FN4O. The van der Waals surface area contributed by atoms with Gasteiger partial charge >= 0.3 is 0 Å². The predicted octanol–water partition coefficient (Wildman–Crippen LogP) is 6.73. The van der Waals surface area contributed by atoms with Crippen LogP contribution in [-0.4, -0.2) is 15.3 Å². The number of aromatic nitrogens is 2. The van der Waals surface area contributed by atoms with Gasteiger partial charge in [0.05, 0.1) is 29.8 Å². The van der Waals surface area contributed by atoms with Gasteiger partial charge in [0.1, 0.15) is 11.6 Å². The second kappa shape index (κ2) is 8.57. The maximum absolute atomic E-state index is 15.4. The van der Waals surface area contributed by atoms with Crippen molar-refractivity contribution in [2.24, 2.45) is 0 Å². The topological polar surface area (TPSA) is 55.4 Å². The Morgan fingerprint density at radius 3 is 2.47 bits per heavy atom. The fourth-order valence-electron chi connectivity index (χ4n) is 4.96. The van der Waals surface area contributed by atoms with Gasteiger partial charge in [-0.3, -0.25) is 5.10 Å². The highest BCUT2D eigenvalue weighted by Crippen LogP contribution is 2.43. The lowest BCUT2D eigenvalue weighted by atomic mass is 9.92. The van der Waals surface area contributed by atoms with Crippen LogP contribution in [0.1, 0.15) is 22.4 Å². The van der Waals surface area contributed by atoms with E-state index >= 15 is 4.39 Å². The second-order valence-corrected chi connectivity index (χ2v) is 9.21. The number of anilines is 2. The number of H-pyrrole nitrogens is 1. The van der Waals surface area contributed by atoms with Gasteiger partial charge in [0.15, 0.2) is 0 Å². The Kier molecular flexibility index (Phi) is 5.22. The standard InChI is InChI=1S/C30H25FN4O/c1-19-25-12-27(31)30(35-16-24-14-32-33-28(24)18-35)13-29(25)34(17-26(19)20(2)36)15-21-8-10-23(11-9-21)22-6-4-3-5-7-22/h3-14,17,36H,1-2,15-16,18H2,(H,32,33). The maximum atomic E-state index is 15.4. The molecule has 0 fully saturated rings. The number of nitrogens with one attached hydrogen (secondary N) is 1. The molecule has 2 N–H and O–H groups in total. The van der Waals surface area contributed by atoms with E-state index in [2.05, 4.69) is 59.8 Å². The van der Waals surface area contributed by atoms with Crippen molar-refractivity contribution >= 4 is 16.9 Å². The summed E-state index contributed by atoms with van der Waals surface area (Å²) < 4.78 is 15.4. The molecule has 5 nitrogen and oxygen atoms in total. The molecule has 2 aliphatic rings. The SMILES string of the molecule is C=C(O)C1=CN(Cc2ccc(-c3ccccc3)cc2)c2cc(N3Cc4cn[nH]c4C3)c(F)cc2C1=C. The monoisotopic (exact) mass is 476 g/mol. The van der Waals surface area contributed by atoms with Crippen LogP contribution in [0.2, 0.25) is 0 Å². The first kappa shape index (κ1) is 21.9. The molecule has 0 saturated heterocycles. The van der Waals surface area contributed by atoms with Crippen LogP contribution in [0.15, 0.2) is 104 Å². The molecule has 0 bridgehead atoms. The number of hydrogen-bond acceptors (Lipinski definition) is 4. The van der Waals surface area contributed by atoms with E-state index in [-0.39, 0.29) is 11.6 Å². The van der Waals surface area contributed by atoms with E-state index in [9.17, 15) is 5.11 Å². The molecule has 0 atom stereocenters. The predicted molar refractivity (Wildman–Crippen MR) is 142 cm³/mol. The summed E-state index contributed by atoms with van der Waals surface area (Å²) in [5.74, 6) is -0.421. The third-order valence-electron chi connectivity index (χ3n) is 6.89. The smallest absolute Gasteiger partial charge is 0.147 e. The van der Waals surface area contributed by atoms with Gasteiger partial charge in [-0.1, -0.05) is 67.8 Å². The molecule has 0 amide bonds. The number of halogens is 1. The summed E-state index contributed by atoms with van der Waals surface area (Å²) in [5.41, 5.74) is 8.52. The molecule has 36 heavy (non-hydrogen) atoms. The third-order valence-corrected chi connectivity index (χ3v) is 6.89. The lowest BCUT2D eigenvalue weighted by Crippen LogP contribution is -2.24. The Labute approximate surface area is 209 Å². The molecule has 3 aromatic carbocycles. The minimum Gasteiger partial charge on any atom is -0.508 e. The quantitative estimate of drug-likeness (QED) is 0.314. The van der Waals surface area contributed by atoms with E-state index in [1.165, 1.54) is 6.07 Å². The summed E-state index contributed by atoms with van der Waals surface area (Å²) in [6.07, 6.45) is 3.64. The van der Waals surface area contributed by atoms with Gasteiger partial charge in [0.2, 0.25) is 0 Å². The maximum Gasteiger partial charge on any atom is 0.147 e. The summed E-state index contributed by atoms with van der Waals surface area (Å²) in [6.45, 7) is 9.53. The highest BCUT2D eigenvalue weighted by atomic mass is 19.1. The van der Waals surface area contributed by atoms with E-state index in [1.807, 2.05) is 40.3 Å². The summed E-state index contributed by atoms with van der Waals surface area (Å²) in [5, 5.41) is 17.3. The number of rotatable bonds is 5. The Morgan fingerprint density at radius 1 is 1.00 bits per heavy atom. The third kappa shape index (κ3) is 3.77. The Hall–Kier alpha value is -4.58. The van der Waals surface area contributed by atoms with Crippen LogP contribution in [0.5, 0.6) is 0 Å². The van der Waals surface area contributed by atoms with E-state index in [0.29, 0.717) is 42.0 Å². The molecule has 0 radical (unpaired) electrons. The van der Waals surface area contributed by atoms with E-state index in [4.69, 9.17) is 0 Å². The van der Waals surface area contributed by atoms with Crippen molar-refractivity contribution in [1.29, 1.82) is 0 Å². The highest BCUT2D eigenvalue weighted by molar-refractivity contribution is 5.92. The molecule has 2 aliphatic heterocycles. The number of hydrogen-bond donors (Lipinski definition) is 2. The van der Waals surface area contributed by atoms with Crippen LogP contribution in [0.3, 0.4) is 0 Å². The molecule has 0 spiro atoms. The zero-order chi connectivity index (χ0) is 24.8. The lowest BCUT2D eigenvalue weighted by molar-refractivity contribution is 0.429. The van der Waals surface area contributed by atoms with Crippen molar-refractivity contribution in [1.82, 2.24) is 10.2 Å². The average Bonchev–Trinajstić information content (AvgIpc) is 3.49. The van der Waals surface area contributed by atoms with Gasteiger partial charge < -0.3 is 14.9 Å². The van der Waals surface area contributed by atoms with Gasteiger partial charge in [-0.2, -0.15) is 5.10 Å². The summed E-state index contributed by atoms with van der Waals surface area (Å²) in [6, 6.07) is 22.0. The average molecular weight is 477 g/mol. The molecule has 0 aliphatic carbocycles. The molecular weight excluding hydrogens is 451 g/mol. The van der Waals surface area contributed by atoms with Gasteiger partial charge in [-0.15, -0.1) is 0 Å². The number of aliphatic hydroxyl groups excluding tert-OH is 1. The molecule has 4 aromatic rings. The van der Waals surface area contributed by atoms with E-state index < -0.39 is 0 Å². The van der Waals surface area contributed by atoms with Crippen LogP contribution in [0, 0.1) is 5.82 Å². The first-order chi connectivity index (χ1) is 17.5. The number of benzene rings is 3. The van der Waals surface area contributed by atoms with Gasteiger partial charge in [-0.05, 0) is 34.4 Å². The number of aliphatic hydroxyl groups is 1. The lowest BCUT2D eigenvalue weighted by Gasteiger charge is -2.32. The fraction of sp³-hybridized carbons (Fsp3) is 0.100. The normalized spacial score (nSPS) is 14.5. The first-order valence-corrected chi connectivity index (χ1v) is 11.8. The largest absolute Gasteiger partial charge is 0.508 e. The zero-order valence-corrected chi connectivity index (χ0v) is 19.7. The van der Waals surface area contributed by atoms with Crippen molar-refractivity contribution in [3.63, 3.8) is 0 Å². The fourth-order valence-corrected chi connectivity index (χ4v) is 4.96. The Bertz CT molecular complexity index is 1500. The Morgan fingerprint density at radius 2 is 1.75 bits per heavy atom. The minimum absolute atomic E-state index is 0.0925. The first-order valence-electron chi connectivity index (χ1n) is 11.8. The minimum atomic E-state index is -0.329. The molecule has 0 unspecified atom stereocenters. The van der Waals surface area contributed by atoms with Crippen molar-refractivity contribution in [2.75, 3.05) is 9.80 Å². The molecule has 0 saturated carbocycles. The number of allylic oxidation sites excluding steroid dienone is 1. The molecule has 6 heteroatoms. The number of fused-ring (bicyclic) bond motifs is 2. The van der Waals surface area contributed by atoms with Crippen LogP contribution >= 0.6 is 0 Å². The van der Waals surface area contributed by atoms with Crippen LogP contribution in [-0.2, 0) is 19.6 Å². The molecule has 6 rings (SSSR count). The van der Waals surface area contributed by atoms with Gasteiger partial charge in [0, 0.05) is 36.0 Å². The number of aromatic amines is 1. The molecule has 178 valence electrons. The zero-order valence-electron chi connectivity index (χ0n) is 19.7. The van der Waals surface area contributed by atoms with Crippen LogP contribution in [0.4, 0.5) is 15.8 Å². The number of nitrogens with zero attached hydrogens (tertiary/aromatic N) is 3. The van der Waals surface area contributed by atoms with Gasteiger partial charge in [-0.25, -0.2) is 4.39 Å². The molecule has 1 aromatic heterocycles. The van der Waals surface area contributed by atoms with E-state index in [0.717, 1.165) is 33.6 Å². The van der Waals surface area contributed by atoms with Gasteiger partial charge in [0.25, 0.3) is 0 Å². The summed E-state index contributed by atoms with van der Waals surface area (Å²) in [7, 11) is 0. The molecule has 3 heterocycles. The van der Waals surface area contributed by atoms with Crippen molar-refractivity contribution in [3.05, 3.63) is 132 Å². The summed E-state index contributed by atoms with van der Waals surface area (Å²) in [4.78, 5) is 4.02. The van der Waals surface area contributed by atoms with Crippen LogP contribution < -0.4 is 9.80 Å². The van der Waals surface area contributed by atoms with Crippen molar-refractivity contribution in [3.8, 4) is 11.1 Å². The summed E-state index contributed by atoms with van der Waals surface area (Å²) >= 11 is 0. The Balaban J connectivity index is 1.36. The van der Waals surface area contributed by atoms with E-state index in [1.54, 1.807) is 6.20 Å².